The zero-order valence-electron chi connectivity index (χ0n) is 27.2. The number of phenolic OH excluding ortho intramolecular Hbond substituents is 1. The molecule has 1 aliphatic heterocycles. The monoisotopic (exact) mass is 724 g/mol. The molecule has 1 aromatic rings. The number of primary amides is 3. The van der Waals surface area contributed by atoms with Crippen LogP contribution in [0.4, 0.5) is 0 Å². The van der Waals surface area contributed by atoms with E-state index in [4.69, 9.17) is 17.2 Å². The van der Waals surface area contributed by atoms with Crippen LogP contribution in [0.25, 0.3) is 0 Å². The lowest BCUT2D eigenvalue weighted by Crippen LogP contribution is -2.60. The number of hydrogen-bond acceptors (Lipinski definition) is 11. The number of hydrogen-bond donors (Lipinski definition) is 9. The Kier molecular flexibility index (Phi) is 16.7. The molecule has 17 nitrogen and oxygen atoms in total. The van der Waals surface area contributed by atoms with Crippen LogP contribution >= 0.6 is 21.6 Å². The summed E-state index contributed by atoms with van der Waals surface area (Å²) < 4.78 is 0. The molecule has 0 saturated carbocycles. The Hall–Kier alpha value is -4.52. The Bertz CT molecular complexity index is 1380. The molecular formula is C30H44N8O9S2. The van der Waals surface area contributed by atoms with Gasteiger partial charge < -0.3 is 48.9 Å². The molecule has 0 spiro atoms. The minimum atomic E-state index is -1.59. The Morgan fingerprint density at radius 3 is 2.02 bits per heavy atom. The quantitative estimate of drug-likeness (QED) is 0.117. The van der Waals surface area contributed by atoms with Crippen molar-refractivity contribution in [2.75, 3.05) is 11.5 Å². The highest BCUT2D eigenvalue weighted by Crippen LogP contribution is 2.23. The summed E-state index contributed by atoms with van der Waals surface area (Å²) in [6.45, 7) is 3.46. The third-order valence-electron chi connectivity index (χ3n) is 7.56. The van der Waals surface area contributed by atoms with Crippen LogP contribution < -0.4 is 43.8 Å². The van der Waals surface area contributed by atoms with E-state index in [2.05, 4.69) is 26.6 Å². The van der Waals surface area contributed by atoms with E-state index in [1.54, 1.807) is 26.0 Å². The first-order chi connectivity index (χ1) is 23.1. The number of benzene rings is 1. The molecule has 0 radical (unpaired) electrons. The zero-order chi connectivity index (χ0) is 36.7. The molecule has 1 saturated heterocycles. The van der Waals surface area contributed by atoms with Crippen molar-refractivity contribution in [2.45, 2.75) is 82.6 Å². The minimum Gasteiger partial charge on any atom is -0.508 e. The van der Waals surface area contributed by atoms with Crippen LogP contribution in [-0.4, -0.2) is 94.1 Å². The van der Waals surface area contributed by atoms with Crippen molar-refractivity contribution in [2.24, 2.45) is 23.1 Å². The molecule has 0 bridgehead atoms. The van der Waals surface area contributed by atoms with Crippen molar-refractivity contribution in [3.63, 3.8) is 0 Å². The fourth-order valence-electron chi connectivity index (χ4n) is 4.58. The zero-order valence-corrected chi connectivity index (χ0v) is 28.8. The van der Waals surface area contributed by atoms with Crippen molar-refractivity contribution in [3.05, 3.63) is 29.8 Å². The van der Waals surface area contributed by atoms with Crippen LogP contribution in [0.1, 0.15) is 51.5 Å². The Labute approximate surface area is 291 Å². The lowest BCUT2D eigenvalue weighted by Gasteiger charge is -2.29. The van der Waals surface area contributed by atoms with Gasteiger partial charge in [0, 0.05) is 30.8 Å². The van der Waals surface area contributed by atoms with Gasteiger partial charge in [0.2, 0.25) is 47.3 Å². The summed E-state index contributed by atoms with van der Waals surface area (Å²) in [6.07, 6.45) is -0.957. The van der Waals surface area contributed by atoms with E-state index in [0.29, 0.717) is 12.0 Å². The predicted molar refractivity (Wildman–Crippen MR) is 182 cm³/mol. The van der Waals surface area contributed by atoms with Gasteiger partial charge in [-0.2, -0.15) is 0 Å². The number of nitrogens with one attached hydrogen (secondary N) is 5. The minimum absolute atomic E-state index is 0.00509. The van der Waals surface area contributed by atoms with Gasteiger partial charge in [-0.25, -0.2) is 0 Å². The first kappa shape index (κ1) is 40.7. The highest BCUT2D eigenvalue weighted by Gasteiger charge is 2.34. The molecule has 270 valence electrons. The molecule has 0 unspecified atom stereocenters. The third-order valence-corrected chi connectivity index (χ3v) is 9.98. The van der Waals surface area contributed by atoms with E-state index in [1.165, 1.54) is 22.9 Å². The van der Waals surface area contributed by atoms with Gasteiger partial charge >= 0.3 is 0 Å². The maximum atomic E-state index is 13.7. The maximum Gasteiger partial charge on any atom is 0.243 e. The first-order valence-corrected chi connectivity index (χ1v) is 18.0. The van der Waals surface area contributed by atoms with E-state index in [0.717, 1.165) is 10.8 Å². The van der Waals surface area contributed by atoms with Gasteiger partial charge in [-0.05, 0) is 30.0 Å². The summed E-state index contributed by atoms with van der Waals surface area (Å²) in [5.74, 6) is -6.86. The number of rotatable bonds is 10. The van der Waals surface area contributed by atoms with Crippen LogP contribution in [0.3, 0.4) is 0 Å². The molecule has 19 heteroatoms. The number of amides is 8. The van der Waals surface area contributed by atoms with Gasteiger partial charge in [0.1, 0.15) is 36.0 Å². The molecule has 1 aromatic carbocycles. The highest BCUT2D eigenvalue weighted by molar-refractivity contribution is 8.76. The summed E-state index contributed by atoms with van der Waals surface area (Å²) in [6, 6.07) is -0.638. The molecular weight excluding hydrogens is 681 g/mol. The molecule has 1 aliphatic rings. The van der Waals surface area contributed by atoms with Gasteiger partial charge in [-0.15, -0.1) is 0 Å². The average Bonchev–Trinajstić information content (AvgIpc) is 3.03. The molecule has 12 N–H and O–H groups in total. The van der Waals surface area contributed by atoms with E-state index in [-0.39, 0.29) is 42.9 Å². The predicted octanol–water partition coefficient (Wildman–Crippen LogP) is -2.18. The van der Waals surface area contributed by atoms with Crippen LogP contribution in [-0.2, 0) is 44.8 Å². The summed E-state index contributed by atoms with van der Waals surface area (Å²) in [5.41, 5.74) is 16.7. The number of nitrogens with two attached hydrogens (primary N) is 3. The number of carbonyl (C=O) groups excluding carboxylic acids is 8. The summed E-state index contributed by atoms with van der Waals surface area (Å²) >= 11 is 0. The van der Waals surface area contributed by atoms with Gasteiger partial charge in [0.05, 0.1) is 6.42 Å². The molecule has 49 heavy (non-hydrogen) atoms. The normalized spacial score (nSPS) is 24.2. The van der Waals surface area contributed by atoms with Crippen LogP contribution in [0.5, 0.6) is 5.75 Å². The van der Waals surface area contributed by atoms with Crippen LogP contribution in [0.15, 0.2) is 24.3 Å². The first-order valence-electron chi connectivity index (χ1n) is 15.5. The van der Waals surface area contributed by atoms with Crippen molar-refractivity contribution in [1.29, 1.82) is 0 Å². The van der Waals surface area contributed by atoms with Gasteiger partial charge in [-0.1, -0.05) is 54.0 Å². The summed E-state index contributed by atoms with van der Waals surface area (Å²) in [7, 11) is 2.33. The molecule has 1 heterocycles. The van der Waals surface area contributed by atoms with Crippen molar-refractivity contribution in [1.82, 2.24) is 26.6 Å². The molecule has 0 aliphatic carbocycles. The number of phenols is 1. The fourth-order valence-corrected chi connectivity index (χ4v) is 6.74. The van der Waals surface area contributed by atoms with E-state index in [9.17, 15) is 43.5 Å². The fraction of sp³-hybridized carbons (Fsp3) is 0.533. The average molecular weight is 725 g/mol. The van der Waals surface area contributed by atoms with Crippen LogP contribution in [0.2, 0.25) is 0 Å². The lowest BCUT2D eigenvalue weighted by atomic mass is 9.96. The summed E-state index contributed by atoms with van der Waals surface area (Å²) in [4.78, 5) is 103. The third kappa shape index (κ3) is 14.2. The topological polar surface area (TPSA) is 295 Å². The Morgan fingerprint density at radius 1 is 0.816 bits per heavy atom. The lowest BCUT2D eigenvalue weighted by molar-refractivity contribution is -0.136. The second kappa shape index (κ2) is 20.1. The highest BCUT2D eigenvalue weighted by atomic mass is 33.1. The van der Waals surface area contributed by atoms with Crippen molar-refractivity contribution in [3.8, 4) is 5.75 Å². The standard InChI is InChI=1S/C30H44N8O9S2/c1-3-15(2)25-30(47)35-18(8-9-22(31)40)27(44)36-20(13-23(32)41)28(45)37-21(26(33)43)14-49-48-11-10-24(42)34-19(29(46)38-25)12-16-4-6-17(39)7-5-16/h4-7,15,18-21,25,39H,3,8-14H2,1-2H3,(H2,31,40)(H2,32,41)(H2,33,43)(H,34,42)(H,35,47)(H,36,44)(H,37,45)(H,38,46)/t15-,18-,19-,20-,21-,25-/m0/s1. The summed E-state index contributed by atoms with van der Waals surface area (Å²) in [5, 5.41) is 22.3. The molecule has 8 amide bonds. The molecule has 0 aromatic heterocycles. The molecule has 1 fully saturated rings. The largest absolute Gasteiger partial charge is 0.508 e. The van der Waals surface area contributed by atoms with Crippen LogP contribution in [0, 0.1) is 5.92 Å². The molecule has 2 rings (SSSR count). The SMILES string of the molecule is CC[C@H](C)[C@@H]1NC(=O)[C@H](Cc2ccc(O)cc2)NC(=O)CCSSC[C@@H](C(N)=O)NC(=O)[C@H](CC(N)=O)NC(=O)[C@H](CCC(N)=O)NC1=O. The number of aromatic hydroxyl groups is 1. The van der Waals surface area contributed by atoms with Gasteiger partial charge in [0.15, 0.2) is 0 Å². The van der Waals surface area contributed by atoms with E-state index < -0.39 is 89.8 Å². The van der Waals surface area contributed by atoms with Gasteiger partial charge in [0.25, 0.3) is 0 Å². The van der Waals surface area contributed by atoms with Crippen molar-refractivity contribution < 1.29 is 43.5 Å². The van der Waals surface area contributed by atoms with Gasteiger partial charge in [-0.3, -0.25) is 38.4 Å². The second-order valence-corrected chi connectivity index (χ2v) is 14.1. The maximum absolute atomic E-state index is 13.7. The van der Waals surface area contributed by atoms with Crippen molar-refractivity contribution >= 4 is 68.8 Å². The van der Waals surface area contributed by atoms with E-state index >= 15 is 0 Å². The number of carbonyl (C=O) groups is 8. The Balaban J connectivity index is 2.51. The van der Waals surface area contributed by atoms with E-state index in [1.807, 2.05) is 0 Å². The smallest absolute Gasteiger partial charge is 0.243 e. The molecule has 6 atom stereocenters. The second-order valence-electron chi connectivity index (χ2n) is 11.5. The Morgan fingerprint density at radius 2 is 1.43 bits per heavy atom.